The monoisotopic (exact) mass is 360 g/mol. The molecule has 0 aliphatic carbocycles. The highest BCUT2D eigenvalue weighted by Crippen LogP contribution is 2.46. The topological polar surface area (TPSA) is 34.1 Å². The van der Waals surface area contributed by atoms with Gasteiger partial charge in [0.15, 0.2) is 9.84 Å². The second-order valence-corrected chi connectivity index (χ2v) is 8.47. The van der Waals surface area contributed by atoms with Crippen molar-refractivity contribution in [2.75, 3.05) is 0 Å². The Hall–Kier alpha value is -1.47. The zero-order valence-corrected chi connectivity index (χ0v) is 13.8. The number of alkyl halides is 3. The van der Waals surface area contributed by atoms with Crippen LogP contribution >= 0.6 is 11.8 Å². The number of rotatable bonds is 5. The van der Waals surface area contributed by atoms with Gasteiger partial charge in [-0.1, -0.05) is 48.5 Å². The van der Waals surface area contributed by atoms with E-state index in [1.807, 2.05) is 0 Å². The minimum atomic E-state index is -4.53. The van der Waals surface area contributed by atoms with Crippen molar-refractivity contribution < 1.29 is 21.6 Å². The van der Waals surface area contributed by atoms with Crippen LogP contribution in [0, 0.1) is 0 Å². The number of sulfone groups is 1. The largest absolute Gasteiger partial charge is 0.442 e. The molecule has 2 atom stereocenters. The Balaban J connectivity index is 2.43. The zero-order chi connectivity index (χ0) is 17.1. The molecule has 0 aliphatic rings. The van der Waals surface area contributed by atoms with E-state index >= 15 is 0 Å². The van der Waals surface area contributed by atoms with Gasteiger partial charge in [0.1, 0.15) is 0 Å². The van der Waals surface area contributed by atoms with Gasteiger partial charge in [0.2, 0.25) is 0 Å². The van der Waals surface area contributed by atoms with Gasteiger partial charge in [-0.3, -0.25) is 0 Å². The van der Waals surface area contributed by atoms with Crippen molar-refractivity contribution in [2.45, 2.75) is 27.8 Å². The minimum absolute atomic E-state index is 0.0243. The highest BCUT2D eigenvalue weighted by molar-refractivity contribution is 8.01. The van der Waals surface area contributed by atoms with Crippen LogP contribution in [0.4, 0.5) is 13.2 Å². The molecule has 7 heteroatoms. The molecule has 2 aromatic carbocycles. The van der Waals surface area contributed by atoms with Crippen LogP contribution in [-0.2, 0) is 9.84 Å². The Morgan fingerprint density at radius 3 is 1.87 bits per heavy atom. The fourth-order valence-corrected chi connectivity index (χ4v) is 5.04. The molecule has 0 heterocycles. The molecule has 2 rings (SSSR count). The third-order valence-corrected chi connectivity index (χ3v) is 6.93. The molecular formula is C16H15F3O2S2. The molecule has 0 spiro atoms. The van der Waals surface area contributed by atoms with Gasteiger partial charge in [0.25, 0.3) is 0 Å². The maximum Gasteiger partial charge on any atom is 0.442 e. The summed E-state index contributed by atoms with van der Waals surface area (Å²) in [6, 6.07) is 15.4. The lowest BCUT2D eigenvalue weighted by atomic mass is 10.1. The van der Waals surface area contributed by atoms with Gasteiger partial charge in [0.05, 0.1) is 15.4 Å². The van der Waals surface area contributed by atoms with Crippen LogP contribution in [0.25, 0.3) is 0 Å². The van der Waals surface area contributed by atoms with E-state index in [-0.39, 0.29) is 16.7 Å². The molecule has 0 radical (unpaired) electrons. The molecule has 2 aromatic rings. The van der Waals surface area contributed by atoms with Crippen molar-refractivity contribution in [2.24, 2.45) is 0 Å². The summed E-state index contributed by atoms with van der Waals surface area (Å²) >= 11 is -0.295. The number of thioether (sulfide) groups is 1. The van der Waals surface area contributed by atoms with Crippen molar-refractivity contribution >= 4 is 21.6 Å². The maximum atomic E-state index is 12.9. The summed E-state index contributed by atoms with van der Waals surface area (Å²) in [5, 5.41) is -2.46. The third kappa shape index (κ3) is 4.51. The fourth-order valence-electron chi connectivity index (χ4n) is 2.21. The van der Waals surface area contributed by atoms with Crippen molar-refractivity contribution in [3.8, 4) is 0 Å². The van der Waals surface area contributed by atoms with Crippen LogP contribution in [0.15, 0.2) is 65.6 Å². The molecular weight excluding hydrogens is 345 g/mol. The van der Waals surface area contributed by atoms with E-state index in [0.29, 0.717) is 5.56 Å². The lowest BCUT2D eigenvalue weighted by molar-refractivity contribution is -0.0334. The minimum Gasteiger partial charge on any atom is -0.223 e. The van der Waals surface area contributed by atoms with Gasteiger partial charge in [-0.25, -0.2) is 8.42 Å². The average Bonchev–Trinajstić information content (AvgIpc) is 2.53. The van der Waals surface area contributed by atoms with Gasteiger partial charge in [0, 0.05) is 0 Å². The molecule has 0 unspecified atom stereocenters. The van der Waals surface area contributed by atoms with Gasteiger partial charge in [-0.15, -0.1) is 0 Å². The van der Waals surface area contributed by atoms with E-state index in [1.165, 1.54) is 31.2 Å². The van der Waals surface area contributed by atoms with Crippen LogP contribution in [0.1, 0.15) is 17.7 Å². The van der Waals surface area contributed by atoms with Crippen LogP contribution in [0.5, 0.6) is 0 Å². The van der Waals surface area contributed by atoms with Crippen LogP contribution in [0.3, 0.4) is 0 Å². The average molecular weight is 360 g/mol. The molecule has 0 saturated carbocycles. The van der Waals surface area contributed by atoms with E-state index in [1.54, 1.807) is 36.4 Å². The van der Waals surface area contributed by atoms with Crippen LogP contribution < -0.4 is 0 Å². The second kappa shape index (κ2) is 6.97. The molecule has 0 amide bonds. The van der Waals surface area contributed by atoms with E-state index in [0.717, 1.165) is 0 Å². The Bertz CT molecular complexity index is 729. The molecule has 0 aliphatic heterocycles. The van der Waals surface area contributed by atoms with Crippen LogP contribution in [0.2, 0.25) is 0 Å². The molecule has 23 heavy (non-hydrogen) atoms. The molecule has 0 fully saturated rings. The first-order valence-electron chi connectivity index (χ1n) is 6.80. The number of hydrogen-bond donors (Lipinski definition) is 0. The molecule has 2 nitrogen and oxygen atoms in total. The number of hydrogen-bond acceptors (Lipinski definition) is 3. The van der Waals surface area contributed by atoms with Gasteiger partial charge >= 0.3 is 5.51 Å². The predicted molar refractivity (Wildman–Crippen MR) is 85.9 cm³/mol. The zero-order valence-electron chi connectivity index (χ0n) is 12.2. The number of halogens is 3. The van der Waals surface area contributed by atoms with Gasteiger partial charge in [-0.2, -0.15) is 13.2 Å². The predicted octanol–water partition coefficient (Wildman–Crippen LogP) is 4.84. The molecule has 124 valence electrons. The smallest absolute Gasteiger partial charge is 0.223 e. The first-order chi connectivity index (χ1) is 10.7. The molecule has 0 bridgehead atoms. The van der Waals surface area contributed by atoms with Gasteiger partial charge in [-0.05, 0) is 36.4 Å². The normalized spacial score (nSPS) is 15.1. The Morgan fingerprint density at radius 1 is 0.913 bits per heavy atom. The Labute approximate surface area is 137 Å². The standard InChI is InChI=1S/C16H15F3O2S2/c1-12(23(20,21)14-10-6-3-7-11-14)15(22-16(17,18)19)13-8-4-2-5-9-13/h2-12,15H,1H3/t12-,15-/m1/s1. The summed E-state index contributed by atoms with van der Waals surface area (Å²) in [4.78, 5) is 0.0243. The summed E-state index contributed by atoms with van der Waals surface area (Å²) in [5.41, 5.74) is -4.19. The third-order valence-electron chi connectivity index (χ3n) is 3.38. The Morgan fingerprint density at radius 2 is 1.39 bits per heavy atom. The van der Waals surface area contributed by atoms with Crippen molar-refractivity contribution in [3.63, 3.8) is 0 Å². The van der Waals surface area contributed by atoms with Gasteiger partial charge < -0.3 is 0 Å². The molecule has 0 aromatic heterocycles. The summed E-state index contributed by atoms with van der Waals surface area (Å²) in [6.07, 6.45) is 0. The van der Waals surface area contributed by atoms with Crippen LogP contribution in [-0.4, -0.2) is 19.2 Å². The Kier molecular flexibility index (Phi) is 5.41. The van der Waals surface area contributed by atoms with E-state index in [4.69, 9.17) is 0 Å². The second-order valence-electron chi connectivity index (χ2n) is 4.96. The first-order valence-corrected chi connectivity index (χ1v) is 9.23. The highest BCUT2D eigenvalue weighted by atomic mass is 32.2. The fraction of sp³-hybridized carbons (Fsp3) is 0.250. The first kappa shape index (κ1) is 17.9. The SMILES string of the molecule is C[C@H]([C@@H](SC(F)(F)F)c1ccccc1)S(=O)(=O)c1ccccc1. The lowest BCUT2D eigenvalue weighted by Gasteiger charge is -2.25. The quantitative estimate of drug-likeness (QED) is 0.765. The van der Waals surface area contributed by atoms with E-state index < -0.39 is 25.8 Å². The summed E-state index contributed by atoms with van der Waals surface area (Å²) in [7, 11) is -3.88. The van der Waals surface area contributed by atoms with Crippen molar-refractivity contribution in [1.29, 1.82) is 0 Å². The van der Waals surface area contributed by atoms with Crippen molar-refractivity contribution in [1.82, 2.24) is 0 Å². The van der Waals surface area contributed by atoms with E-state index in [2.05, 4.69) is 0 Å². The summed E-state index contributed by atoms with van der Waals surface area (Å²) in [5.74, 6) is 0. The molecule has 0 saturated heterocycles. The maximum absolute atomic E-state index is 12.9. The molecule has 0 N–H and O–H groups in total. The summed E-state index contributed by atoms with van der Waals surface area (Å²) < 4.78 is 64.0. The van der Waals surface area contributed by atoms with Crippen molar-refractivity contribution in [3.05, 3.63) is 66.2 Å². The number of benzene rings is 2. The lowest BCUT2D eigenvalue weighted by Crippen LogP contribution is -2.26. The summed E-state index contributed by atoms with van der Waals surface area (Å²) in [6.45, 7) is 1.32. The highest BCUT2D eigenvalue weighted by Gasteiger charge is 2.40. The van der Waals surface area contributed by atoms with E-state index in [9.17, 15) is 21.6 Å².